The maximum Gasteiger partial charge on any atom is 0.226 e. The third-order valence-electron chi connectivity index (χ3n) is 4.45. The van der Waals surface area contributed by atoms with E-state index in [1.807, 2.05) is 24.3 Å². The van der Waals surface area contributed by atoms with E-state index >= 15 is 0 Å². The summed E-state index contributed by atoms with van der Waals surface area (Å²) in [5.41, 5.74) is 1.03. The first-order valence-electron chi connectivity index (χ1n) is 6.99. The first-order chi connectivity index (χ1) is 9.20. The fourth-order valence-corrected chi connectivity index (χ4v) is 3.95. The number of rotatable bonds is 3. The Labute approximate surface area is 134 Å². The van der Waals surface area contributed by atoms with Crippen LogP contribution in [-0.4, -0.2) is 29.4 Å². The molecule has 0 unspecified atom stereocenters. The number of fused-ring (bicyclic) bond motifs is 1. The molecular formula is C15H20BrClN2O. The highest BCUT2D eigenvalue weighted by atomic mass is 79.9. The minimum atomic E-state index is 0. The quantitative estimate of drug-likeness (QED) is 0.889. The Kier molecular flexibility index (Phi) is 5.10. The number of carbonyl (C=O) groups is 1. The predicted molar refractivity (Wildman–Crippen MR) is 87.4 cm³/mol. The molecule has 0 aliphatic carbocycles. The molecule has 0 aromatic heterocycles. The second kappa shape index (κ2) is 6.46. The average Bonchev–Trinajstić information content (AvgIpc) is 2.91. The lowest BCUT2D eigenvalue weighted by Gasteiger charge is -2.31. The van der Waals surface area contributed by atoms with Gasteiger partial charge < -0.3 is 5.32 Å². The highest BCUT2D eigenvalue weighted by Gasteiger charge is 2.45. The molecule has 1 aromatic rings. The van der Waals surface area contributed by atoms with E-state index in [2.05, 4.69) is 26.1 Å². The number of nitrogens with zero attached hydrogens (tertiary/aromatic N) is 1. The van der Waals surface area contributed by atoms with Crippen LogP contribution in [-0.2, 0) is 4.79 Å². The van der Waals surface area contributed by atoms with Crippen LogP contribution in [0.5, 0.6) is 0 Å². The summed E-state index contributed by atoms with van der Waals surface area (Å²) in [5.74, 6) is 0.140. The van der Waals surface area contributed by atoms with E-state index in [1.165, 1.54) is 38.8 Å². The maximum absolute atomic E-state index is 12.3. The van der Waals surface area contributed by atoms with Crippen LogP contribution in [0, 0.1) is 0 Å². The summed E-state index contributed by atoms with van der Waals surface area (Å²) in [7, 11) is 0. The molecule has 3 nitrogen and oxygen atoms in total. The van der Waals surface area contributed by atoms with Gasteiger partial charge in [0, 0.05) is 16.4 Å². The van der Waals surface area contributed by atoms with E-state index in [0.717, 1.165) is 10.2 Å². The number of anilines is 1. The van der Waals surface area contributed by atoms with Gasteiger partial charge in [0.15, 0.2) is 0 Å². The summed E-state index contributed by atoms with van der Waals surface area (Å²) in [6, 6.07) is 7.77. The largest absolute Gasteiger partial charge is 0.325 e. The van der Waals surface area contributed by atoms with E-state index in [4.69, 9.17) is 0 Å². The molecule has 20 heavy (non-hydrogen) atoms. The molecule has 0 radical (unpaired) electrons. The highest BCUT2D eigenvalue weighted by molar-refractivity contribution is 9.10. The second-order valence-corrected chi connectivity index (χ2v) is 6.48. The van der Waals surface area contributed by atoms with Gasteiger partial charge in [0.1, 0.15) is 0 Å². The topological polar surface area (TPSA) is 32.3 Å². The molecule has 5 heteroatoms. The van der Waals surface area contributed by atoms with Crippen molar-refractivity contribution in [2.45, 2.75) is 37.6 Å². The van der Waals surface area contributed by atoms with E-state index in [1.54, 1.807) is 0 Å². The molecule has 2 aliphatic rings. The molecule has 110 valence electrons. The van der Waals surface area contributed by atoms with Gasteiger partial charge in [-0.15, -0.1) is 12.4 Å². The molecule has 0 atom stereocenters. The molecule has 0 spiro atoms. The van der Waals surface area contributed by atoms with Gasteiger partial charge in [-0.2, -0.15) is 0 Å². The van der Waals surface area contributed by atoms with E-state index in [-0.39, 0.29) is 23.9 Å². The Balaban J connectivity index is 0.00000147. The van der Waals surface area contributed by atoms with Gasteiger partial charge in [-0.1, -0.05) is 12.1 Å². The molecule has 2 saturated heterocycles. The zero-order valence-electron chi connectivity index (χ0n) is 11.4. The minimum absolute atomic E-state index is 0. The number of amides is 1. The summed E-state index contributed by atoms with van der Waals surface area (Å²) in [6.45, 7) is 2.34. The van der Waals surface area contributed by atoms with Gasteiger partial charge in [-0.05, 0) is 66.8 Å². The van der Waals surface area contributed by atoms with Crippen LogP contribution in [0.25, 0.3) is 0 Å². The third-order valence-corrected chi connectivity index (χ3v) is 5.14. The van der Waals surface area contributed by atoms with Crippen LogP contribution in [0.2, 0.25) is 0 Å². The smallest absolute Gasteiger partial charge is 0.226 e. The molecule has 1 amide bonds. The van der Waals surface area contributed by atoms with Crippen molar-refractivity contribution < 1.29 is 4.79 Å². The lowest BCUT2D eigenvalue weighted by atomic mass is 9.90. The molecule has 2 heterocycles. The van der Waals surface area contributed by atoms with Crippen molar-refractivity contribution in [2.24, 2.45) is 0 Å². The Morgan fingerprint density at radius 3 is 2.55 bits per heavy atom. The minimum Gasteiger partial charge on any atom is -0.325 e. The lowest BCUT2D eigenvalue weighted by molar-refractivity contribution is -0.118. The summed E-state index contributed by atoms with van der Waals surface area (Å²) in [4.78, 5) is 14.8. The number of para-hydroxylation sites is 1. The van der Waals surface area contributed by atoms with Crippen molar-refractivity contribution >= 4 is 39.9 Å². The number of nitrogens with one attached hydrogen (secondary N) is 1. The molecule has 1 aromatic carbocycles. The van der Waals surface area contributed by atoms with Crippen molar-refractivity contribution in [2.75, 3.05) is 18.4 Å². The summed E-state index contributed by atoms with van der Waals surface area (Å²) in [5, 5.41) is 3.03. The maximum atomic E-state index is 12.3. The fourth-order valence-electron chi connectivity index (χ4n) is 3.57. The fraction of sp³-hybridized carbons (Fsp3) is 0.533. The van der Waals surface area contributed by atoms with Crippen LogP contribution < -0.4 is 5.32 Å². The van der Waals surface area contributed by atoms with Crippen LogP contribution in [0.3, 0.4) is 0 Å². The Morgan fingerprint density at radius 1 is 1.25 bits per heavy atom. The monoisotopic (exact) mass is 358 g/mol. The van der Waals surface area contributed by atoms with Gasteiger partial charge in [0.25, 0.3) is 0 Å². The van der Waals surface area contributed by atoms with E-state index < -0.39 is 0 Å². The van der Waals surface area contributed by atoms with Crippen LogP contribution >= 0.6 is 28.3 Å². The van der Waals surface area contributed by atoms with Gasteiger partial charge in [0.05, 0.1) is 5.69 Å². The first-order valence-corrected chi connectivity index (χ1v) is 7.78. The van der Waals surface area contributed by atoms with Gasteiger partial charge in [0.2, 0.25) is 5.91 Å². The normalized spacial score (nSPS) is 20.2. The van der Waals surface area contributed by atoms with E-state index in [9.17, 15) is 4.79 Å². The lowest BCUT2D eigenvalue weighted by Crippen LogP contribution is -2.41. The highest BCUT2D eigenvalue weighted by Crippen LogP contribution is 2.41. The van der Waals surface area contributed by atoms with Gasteiger partial charge >= 0.3 is 0 Å². The van der Waals surface area contributed by atoms with Crippen LogP contribution in [0.4, 0.5) is 5.69 Å². The van der Waals surface area contributed by atoms with Crippen LogP contribution in [0.1, 0.15) is 32.1 Å². The molecular weight excluding hydrogens is 340 g/mol. The summed E-state index contributed by atoms with van der Waals surface area (Å²) in [6.07, 6.45) is 5.46. The Bertz CT molecular complexity index is 485. The predicted octanol–water partition coefficient (Wildman–Crippen LogP) is 3.83. The average molecular weight is 360 g/mol. The zero-order chi connectivity index (χ0) is 13.3. The number of hydrogen-bond donors (Lipinski definition) is 1. The van der Waals surface area contributed by atoms with Crippen molar-refractivity contribution in [3.8, 4) is 0 Å². The standard InChI is InChI=1S/C15H19BrN2O.ClH/c16-12-5-1-2-6-13(12)17-14(19)11-15-7-3-9-18(15)10-4-8-15;/h1-2,5-6H,3-4,7-11H2,(H,17,19);1H. The molecule has 2 fully saturated rings. The third kappa shape index (κ3) is 3.02. The van der Waals surface area contributed by atoms with Gasteiger partial charge in [-0.3, -0.25) is 9.69 Å². The van der Waals surface area contributed by atoms with Crippen molar-refractivity contribution in [1.29, 1.82) is 0 Å². The Morgan fingerprint density at radius 2 is 1.90 bits per heavy atom. The number of hydrogen-bond acceptors (Lipinski definition) is 2. The molecule has 0 saturated carbocycles. The SMILES string of the molecule is Cl.O=C(CC12CCCN1CCC2)Nc1ccccc1Br. The first kappa shape index (κ1) is 15.8. The molecule has 0 bridgehead atoms. The van der Waals surface area contributed by atoms with Crippen molar-refractivity contribution in [3.05, 3.63) is 28.7 Å². The molecule has 2 aliphatic heterocycles. The number of carbonyl (C=O) groups excluding carboxylic acids is 1. The summed E-state index contributed by atoms with van der Waals surface area (Å²) < 4.78 is 0.940. The molecule has 1 N–H and O–H groups in total. The zero-order valence-corrected chi connectivity index (χ0v) is 13.8. The summed E-state index contributed by atoms with van der Waals surface area (Å²) >= 11 is 3.47. The molecule has 3 rings (SSSR count). The van der Waals surface area contributed by atoms with E-state index in [0.29, 0.717) is 6.42 Å². The number of halogens is 2. The second-order valence-electron chi connectivity index (χ2n) is 5.62. The number of benzene rings is 1. The van der Waals surface area contributed by atoms with Crippen molar-refractivity contribution in [1.82, 2.24) is 4.90 Å². The van der Waals surface area contributed by atoms with Crippen molar-refractivity contribution in [3.63, 3.8) is 0 Å². The van der Waals surface area contributed by atoms with Gasteiger partial charge in [-0.25, -0.2) is 0 Å². The Hall–Kier alpha value is -0.580. The van der Waals surface area contributed by atoms with Crippen LogP contribution in [0.15, 0.2) is 28.7 Å².